The molecule has 2 aliphatic rings. The summed E-state index contributed by atoms with van der Waals surface area (Å²) in [6.45, 7) is 3.25. The molecule has 7 heteroatoms. The second kappa shape index (κ2) is 4.72. The molecule has 0 radical (unpaired) electrons. The third-order valence-electron chi connectivity index (χ3n) is 3.51. The Morgan fingerprint density at radius 2 is 1.94 bits per heavy atom. The zero-order valence-corrected chi connectivity index (χ0v) is 9.92. The van der Waals surface area contributed by atoms with Crippen LogP contribution in [0.25, 0.3) is 0 Å². The molecule has 94 valence electrons. The van der Waals surface area contributed by atoms with Crippen LogP contribution in [0.4, 0.5) is 0 Å². The van der Waals surface area contributed by atoms with Gasteiger partial charge in [-0.15, -0.1) is 0 Å². The number of phosphoric acid groups is 1. The van der Waals surface area contributed by atoms with Crippen molar-refractivity contribution in [3.8, 4) is 0 Å². The van der Waals surface area contributed by atoms with Gasteiger partial charge in [-0.3, -0.25) is 4.52 Å². The van der Waals surface area contributed by atoms with Gasteiger partial charge in [-0.25, -0.2) is 4.57 Å². The molecule has 3 N–H and O–H groups in total. The number of phosphoric ester groups is 1. The lowest BCUT2D eigenvalue weighted by molar-refractivity contribution is 0.169. The third-order valence-corrected chi connectivity index (χ3v) is 4.00. The number of likely N-dealkylation sites (tertiary alicyclic amines) is 1. The summed E-state index contributed by atoms with van der Waals surface area (Å²) in [4.78, 5) is 19.4. The third kappa shape index (κ3) is 3.03. The van der Waals surface area contributed by atoms with Crippen LogP contribution in [0.1, 0.15) is 6.42 Å². The van der Waals surface area contributed by atoms with Gasteiger partial charge in [0.15, 0.2) is 0 Å². The fraction of sp³-hybridized carbons (Fsp3) is 1.00. The van der Waals surface area contributed by atoms with Crippen LogP contribution >= 0.6 is 7.82 Å². The van der Waals surface area contributed by atoms with Crippen molar-refractivity contribution in [2.24, 2.45) is 17.8 Å². The van der Waals surface area contributed by atoms with Crippen LogP contribution in [0.2, 0.25) is 0 Å². The van der Waals surface area contributed by atoms with E-state index in [4.69, 9.17) is 14.9 Å². The largest absolute Gasteiger partial charge is 0.469 e. The maximum Gasteiger partial charge on any atom is 0.469 e. The van der Waals surface area contributed by atoms with Crippen molar-refractivity contribution in [2.75, 3.05) is 32.8 Å². The molecule has 0 bridgehead atoms. The van der Waals surface area contributed by atoms with Gasteiger partial charge in [-0.1, -0.05) is 0 Å². The lowest BCUT2D eigenvalue weighted by atomic mass is 10.2. The van der Waals surface area contributed by atoms with E-state index in [1.165, 1.54) is 0 Å². The van der Waals surface area contributed by atoms with Gasteiger partial charge in [0.25, 0.3) is 0 Å². The average Bonchev–Trinajstić information content (AvgIpc) is 2.65. The maximum atomic E-state index is 10.5. The predicted octanol–water partition coefficient (Wildman–Crippen LogP) is -0.344. The maximum absolute atomic E-state index is 10.5. The van der Waals surface area contributed by atoms with Gasteiger partial charge >= 0.3 is 7.82 Å². The molecule has 0 aromatic rings. The number of hydrogen-bond acceptors (Lipinski definition) is 4. The number of rotatable bonds is 6. The van der Waals surface area contributed by atoms with Crippen molar-refractivity contribution >= 4 is 7.82 Å². The first-order chi connectivity index (χ1) is 7.51. The molecule has 0 aromatic heterocycles. The standard InChI is InChI=1S/C9H18NO5P/c11-3-1-2-10-4-7-8(5-10)9(7)6-15-16(12,13)14/h7-9,11H,1-6H2,(H2,12,13,14)/t7-,8+,9?. The Kier molecular flexibility index (Phi) is 3.69. The van der Waals surface area contributed by atoms with Crippen LogP contribution in [0, 0.1) is 17.8 Å². The van der Waals surface area contributed by atoms with E-state index >= 15 is 0 Å². The molecular weight excluding hydrogens is 233 g/mol. The Balaban J connectivity index is 1.65. The first kappa shape index (κ1) is 12.5. The topological polar surface area (TPSA) is 90.2 Å². The number of hydrogen-bond donors (Lipinski definition) is 3. The van der Waals surface area contributed by atoms with Crippen molar-refractivity contribution in [2.45, 2.75) is 6.42 Å². The summed E-state index contributed by atoms with van der Waals surface area (Å²) in [5.74, 6) is 1.38. The molecule has 1 saturated heterocycles. The van der Waals surface area contributed by atoms with E-state index < -0.39 is 7.82 Å². The highest BCUT2D eigenvalue weighted by molar-refractivity contribution is 7.46. The summed E-state index contributed by atoms with van der Waals surface area (Å²) >= 11 is 0. The minimum Gasteiger partial charge on any atom is -0.396 e. The van der Waals surface area contributed by atoms with E-state index in [0.717, 1.165) is 26.1 Å². The molecule has 6 nitrogen and oxygen atoms in total. The molecule has 0 aromatic carbocycles. The van der Waals surface area contributed by atoms with Crippen LogP contribution < -0.4 is 0 Å². The van der Waals surface area contributed by atoms with Crippen molar-refractivity contribution in [1.29, 1.82) is 0 Å². The van der Waals surface area contributed by atoms with Crippen LogP contribution in [0.15, 0.2) is 0 Å². The van der Waals surface area contributed by atoms with Crippen molar-refractivity contribution in [3.63, 3.8) is 0 Å². The van der Waals surface area contributed by atoms with Gasteiger partial charge in [0.05, 0.1) is 6.61 Å². The van der Waals surface area contributed by atoms with Gasteiger partial charge in [0.1, 0.15) is 0 Å². The van der Waals surface area contributed by atoms with Crippen molar-refractivity contribution in [1.82, 2.24) is 4.90 Å². The van der Waals surface area contributed by atoms with E-state index in [2.05, 4.69) is 9.42 Å². The van der Waals surface area contributed by atoms with Crippen LogP contribution in [0.5, 0.6) is 0 Å². The Morgan fingerprint density at radius 3 is 2.44 bits per heavy atom. The Morgan fingerprint density at radius 1 is 1.31 bits per heavy atom. The molecule has 1 aliphatic carbocycles. The van der Waals surface area contributed by atoms with Crippen LogP contribution in [-0.2, 0) is 9.09 Å². The summed E-state index contributed by atoms with van der Waals surface area (Å²) in [6.07, 6.45) is 0.795. The molecule has 1 unspecified atom stereocenters. The quantitative estimate of drug-likeness (QED) is 0.559. The first-order valence-corrected chi connectivity index (χ1v) is 7.07. The Hall–Kier alpha value is 0.0300. The van der Waals surface area contributed by atoms with Gasteiger partial charge < -0.3 is 19.8 Å². The molecular formula is C9H18NO5P. The number of piperidine rings is 1. The van der Waals surface area contributed by atoms with E-state index in [-0.39, 0.29) is 13.2 Å². The minimum atomic E-state index is -4.30. The second-order valence-electron chi connectivity index (χ2n) is 4.61. The lowest BCUT2D eigenvalue weighted by Crippen LogP contribution is -2.27. The summed E-state index contributed by atoms with van der Waals surface area (Å²) in [5.41, 5.74) is 0. The minimum absolute atomic E-state index is 0.174. The fourth-order valence-electron chi connectivity index (χ4n) is 2.64. The smallest absolute Gasteiger partial charge is 0.396 e. The number of aliphatic hydroxyl groups is 1. The normalized spacial score (nSPS) is 34.1. The SMILES string of the molecule is O=P(O)(O)OCC1[C@H]2CN(CCCO)C[C@@H]12. The number of aliphatic hydroxyl groups excluding tert-OH is 1. The summed E-state index contributed by atoms with van der Waals surface area (Å²) in [5, 5.41) is 8.70. The van der Waals surface area contributed by atoms with Crippen LogP contribution in [0.3, 0.4) is 0 Å². The number of fused-ring (bicyclic) bond motifs is 1. The second-order valence-corrected chi connectivity index (χ2v) is 5.85. The molecule has 1 heterocycles. The van der Waals surface area contributed by atoms with E-state index in [1.54, 1.807) is 0 Å². The zero-order valence-electron chi connectivity index (χ0n) is 9.03. The molecule has 1 saturated carbocycles. The fourth-order valence-corrected chi connectivity index (χ4v) is 3.01. The Bertz CT molecular complexity index is 282. The molecule has 1 aliphatic heterocycles. The predicted molar refractivity (Wildman–Crippen MR) is 56.6 cm³/mol. The van der Waals surface area contributed by atoms with Gasteiger partial charge in [-0.05, 0) is 24.2 Å². The highest BCUT2D eigenvalue weighted by atomic mass is 31.2. The molecule has 0 amide bonds. The van der Waals surface area contributed by atoms with E-state index in [1.807, 2.05) is 0 Å². The Labute approximate surface area is 94.5 Å². The summed E-state index contributed by atoms with van der Waals surface area (Å²) in [6, 6.07) is 0. The van der Waals surface area contributed by atoms with Gasteiger partial charge in [-0.2, -0.15) is 0 Å². The highest BCUT2D eigenvalue weighted by Crippen LogP contribution is 2.53. The molecule has 2 fully saturated rings. The van der Waals surface area contributed by atoms with Gasteiger partial charge in [0.2, 0.25) is 0 Å². The van der Waals surface area contributed by atoms with Crippen molar-refractivity contribution < 1.29 is 24.0 Å². The summed E-state index contributed by atoms with van der Waals surface area (Å²) < 4.78 is 15.0. The van der Waals surface area contributed by atoms with Crippen LogP contribution in [-0.4, -0.2) is 52.6 Å². The molecule has 3 atom stereocenters. The first-order valence-electron chi connectivity index (χ1n) is 5.54. The summed E-state index contributed by atoms with van der Waals surface area (Å²) in [7, 11) is -4.30. The number of nitrogens with zero attached hydrogens (tertiary/aromatic N) is 1. The molecule has 0 spiro atoms. The van der Waals surface area contributed by atoms with Crippen molar-refractivity contribution in [3.05, 3.63) is 0 Å². The lowest BCUT2D eigenvalue weighted by Gasteiger charge is -2.18. The van der Waals surface area contributed by atoms with Gasteiger partial charge in [0, 0.05) is 26.2 Å². The molecule has 16 heavy (non-hydrogen) atoms. The van der Waals surface area contributed by atoms with E-state index in [9.17, 15) is 4.57 Å². The monoisotopic (exact) mass is 251 g/mol. The zero-order chi connectivity index (χ0) is 11.8. The average molecular weight is 251 g/mol. The van der Waals surface area contributed by atoms with E-state index in [0.29, 0.717) is 17.8 Å². The molecule has 2 rings (SSSR count). The highest BCUT2D eigenvalue weighted by Gasteiger charge is 2.55.